The number of carbonyl (C=O) groups excluding carboxylic acids is 2. The Morgan fingerprint density at radius 1 is 1.18 bits per heavy atom. The molecule has 2 amide bonds. The van der Waals surface area contributed by atoms with E-state index >= 15 is 0 Å². The van der Waals surface area contributed by atoms with Crippen LogP contribution in [-0.2, 0) is 12.7 Å². The largest absolute Gasteiger partial charge is 0.443 e. The second-order valence-electron chi connectivity index (χ2n) is 8.02. The fourth-order valence-corrected chi connectivity index (χ4v) is 4.30. The van der Waals surface area contributed by atoms with E-state index in [0.29, 0.717) is 35.1 Å². The number of aromatic nitrogens is 1. The maximum Gasteiger partial charge on any atom is 0.443 e. The van der Waals surface area contributed by atoms with Crippen molar-refractivity contribution in [3.63, 3.8) is 0 Å². The highest BCUT2D eigenvalue weighted by Gasteiger charge is 2.34. The van der Waals surface area contributed by atoms with Crippen molar-refractivity contribution < 1.29 is 22.8 Å². The predicted octanol–water partition coefficient (Wildman–Crippen LogP) is 5.45. The number of amides is 2. The van der Waals surface area contributed by atoms with E-state index in [-0.39, 0.29) is 22.9 Å². The van der Waals surface area contributed by atoms with Crippen LogP contribution in [0.25, 0.3) is 0 Å². The van der Waals surface area contributed by atoms with Crippen LogP contribution in [0.5, 0.6) is 0 Å². The number of nitrogens with zero attached hydrogens (tertiary/aromatic N) is 2. The average Bonchev–Trinajstić information content (AvgIpc) is 3.22. The van der Waals surface area contributed by atoms with E-state index < -0.39 is 17.1 Å². The van der Waals surface area contributed by atoms with Crippen LogP contribution in [0.15, 0.2) is 48.7 Å². The number of nitrogens with one attached hydrogen (secondary N) is 2. The first-order valence-electron chi connectivity index (χ1n) is 10.3. The number of thiazole rings is 1. The average molecular weight is 475 g/mol. The number of carbonyl (C=O) groups is 2. The van der Waals surface area contributed by atoms with Crippen LogP contribution in [0.4, 0.5) is 30.2 Å². The predicted molar refractivity (Wildman–Crippen MR) is 121 cm³/mol. The number of hydrogen-bond donors (Lipinski definition) is 2. The molecule has 0 bridgehead atoms. The standard InChI is InChI=1S/C23H21F3N4O2S/c1-13(2)12-30-18-6-4-3-5-16(18)21(32)29-17-9-14(7-8-19(17)30)20(31)27-10-15-11-28-22(33-15)23(24,25)26/h3-9,11,13H,10,12H2,1-2H3,(H,27,31)(H,29,32). The molecule has 4 rings (SSSR count). The second kappa shape index (κ2) is 8.86. The van der Waals surface area contributed by atoms with Gasteiger partial charge in [0.1, 0.15) is 0 Å². The molecule has 2 N–H and O–H groups in total. The van der Waals surface area contributed by atoms with Crippen LogP contribution in [-0.4, -0.2) is 23.3 Å². The van der Waals surface area contributed by atoms with Gasteiger partial charge in [0.15, 0.2) is 5.01 Å². The van der Waals surface area contributed by atoms with Crippen molar-refractivity contribution in [3.05, 3.63) is 69.7 Å². The van der Waals surface area contributed by atoms with Crippen LogP contribution in [0.2, 0.25) is 0 Å². The summed E-state index contributed by atoms with van der Waals surface area (Å²) in [6, 6.07) is 12.3. The lowest BCUT2D eigenvalue weighted by Crippen LogP contribution is -2.24. The van der Waals surface area contributed by atoms with E-state index in [2.05, 4.69) is 29.5 Å². The number of fused-ring (bicyclic) bond motifs is 2. The van der Waals surface area contributed by atoms with Gasteiger partial charge in [0.2, 0.25) is 0 Å². The van der Waals surface area contributed by atoms with E-state index in [1.54, 1.807) is 30.3 Å². The van der Waals surface area contributed by atoms with Crippen molar-refractivity contribution in [2.24, 2.45) is 5.92 Å². The third kappa shape index (κ3) is 4.85. The number of alkyl halides is 3. The molecule has 2 aromatic carbocycles. The van der Waals surface area contributed by atoms with Gasteiger partial charge in [-0.3, -0.25) is 9.59 Å². The summed E-state index contributed by atoms with van der Waals surface area (Å²) in [6.07, 6.45) is -3.41. The summed E-state index contributed by atoms with van der Waals surface area (Å²) < 4.78 is 38.2. The first-order chi connectivity index (χ1) is 15.6. The Bertz CT molecular complexity index is 1210. The molecule has 0 fully saturated rings. The zero-order chi connectivity index (χ0) is 23.8. The smallest absolute Gasteiger partial charge is 0.347 e. The molecule has 6 nitrogen and oxygen atoms in total. The van der Waals surface area contributed by atoms with Gasteiger partial charge in [-0.05, 0) is 36.2 Å². The summed E-state index contributed by atoms with van der Waals surface area (Å²) in [7, 11) is 0. The molecular weight excluding hydrogens is 453 g/mol. The maximum atomic E-state index is 12.8. The summed E-state index contributed by atoms with van der Waals surface area (Å²) in [5, 5.41) is 4.53. The normalized spacial score (nSPS) is 13.3. The molecule has 33 heavy (non-hydrogen) atoms. The van der Waals surface area contributed by atoms with Gasteiger partial charge in [0.05, 0.1) is 29.2 Å². The minimum atomic E-state index is -4.51. The van der Waals surface area contributed by atoms with Gasteiger partial charge in [-0.25, -0.2) is 4.98 Å². The van der Waals surface area contributed by atoms with Crippen molar-refractivity contribution in [1.29, 1.82) is 0 Å². The van der Waals surface area contributed by atoms with E-state index in [4.69, 9.17) is 0 Å². The number of halogens is 3. The fraction of sp³-hybridized carbons (Fsp3) is 0.261. The topological polar surface area (TPSA) is 74.3 Å². The lowest BCUT2D eigenvalue weighted by atomic mass is 10.1. The van der Waals surface area contributed by atoms with Crippen molar-refractivity contribution in [2.45, 2.75) is 26.6 Å². The minimum Gasteiger partial charge on any atom is -0.347 e. The van der Waals surface area contributed by atoms with Gasteiger partial charge in [-0.1, -0.05) is 26.0 Å². The number of hydrogen-bond acceptors (Lipinski definition) is 5. The molecule has 1 aliphatic heterocycles. The summed E-state index contributed by atoms with van der Waals surface area (Å²) in [4.78, 5) is 31.2. The quantitative estimate of drug-likeness (QED) is 0.516. The Kier molecular flexibility index (Phi) is 6.11. The number of para-hydroxylation sites is 1. The monoisotopic (exact) mass is 474 g/mol. The van der Waals surface area contributed by atoms with Gasteiger partial charge >= 0.3 is 6.18 Å². The highest BCUT2D eigenvalue weighted by atomic mass is 32.1. The second-order valence-corrected chi connectivity index (χ2v) is 9.14. The molecule has 1 aliphatic rings. The van der Waals surface area contributed by atoms with Crippen LogP contribution in [0.3, 0.4) is 0 Å². The lowest BCUT2D eigenvalue weighted by Gasteiger charge is -2.28. The van der Waals surface area contributed by atoms with Gasteiger partial charge < -0.3 is 15.5 Å². The minimum absolute atomic E-state index is 0.0824. The maximum absolute atomic E-state index is 12.8. The molecule has 0 radical (unpaired) electrons. The third-order valence-electron chi connectivity index (χ3n) is 5.00. The first kappa shape index (κ1) is 22.8. The zero-order valence-electron chi connectivity index (χ0n) is 17.9. The van der Waals surface area contributed by atoms with Gasteiger partial charge in [-0.2, -0.15) is 13.2 Å². The van der Waals surface area contributed by atoms with E-state index in [1.807, 2.05) is 17.0 Å². The highest BCUT2D eigenvalue weighted by Crippen LogP contribution is 2.39. The molecule has 10 heteroatoms. The van der Waals surface area contributed by atoms with Gasteiger partial charge in [0, 0.05) is 23.2 Å². The molecular formula is C23H21F3N4O2S. The Balaban J connectivity index is 1.58. The summed E-state index contributed by atoms with van der Waals surface area (Å²) in [5.41, 5.74) is 2.85. The van der Waals surface area contributed by atoms with Crippen molar-refractivity contribution >= 4 is 40.2 Å². The van der Waals surface area contributed by atoms with Crippen molar-refractivity contribution in [2.75, 3.05) is 16.8 Å². The number of anilines is 3. The fourth-order valence-electron chi connectivity index (χ4n) is 3.58. The molecule has 0 saturated heterocycles. The molecule has 0 saturated carbocycles. The lowest BCUT2D eigenvalue weighted by molar-refractivity contribution is -0.137. The van der Waals surface area contributed by atoms with Crippen molar-refractivity contribution in [1.82, 2.24) is 10.3 Å². The number of benzene rings is 2. The van der Waals surface area contributed by atoms with E-state index in [0.717, 1.165) is 17.6 Å². The molecule has 2 heterocycles. The number of rotatable bonds is 5. The SMILES string of the molecule is CC(C)CN1c2ccc(C(=O)NCc3cnc(C(F)(F)F)s3)cc2NC(=O)c2ccccc21. The first-order valence-corrected chi connectivity index (χ1v) is 11.1. The molecule has 3 aromatic rings. The van der Waals surface area contributed by atoms with Crippen LogP contribution in [0, 0.1) is 5.92 Å². The van der Waals surface area contributed by atoms with Crippen molar-refractivity contribution in [3.8, 4) is 0 Å². The summed E-state index contributed by atoms with van der Waals surface area (Å²) >= 11 is 0.487. The summed E-state index contributed by atoms with van der Waals surface area (Å²) in [6.45, 7) is 4.74. The van der Waals surface area contributed by atoms with Gasteiger partial charge in [0.25, 0.3) is 11.8 Å². The third-order valence-corrected chi connectivity index (χ3v) is 6.05. The zero-order valence-corrected chi connectivity index (χ0v) is 18.7. The van der Waals surface area contributed by atoms with E-state index in [1.165, 1.54) is 0 Å². The Labute approximate surface area is 192 Å². The van der Waals surface area contributed by atoms with Crippen LogP contribution >= 0.6 is 11.3 Å². The molecule has 1 aromatic heterocycles. The molecule has 0 aliphatic carbocycles. The van der Waals surface area contributed by atoms with E-state index in [9.17, 15) is 22.8 Å². The molecule has 0 atom stereocenters. The van der Waals surface area contributed by atoms with Crippen LogP contribution < -0.4 is 15.5 Å². The van der Waals surface area contributed by atoms with Gasteiger partial charge in [-0.15, -0.1) is 11.3 Å². The van der Waals surface area contributed by atoms with Crippen LogP contribution in [0.1, 0.15) is 44.4 Å². The molecule has 0 spiro atoms. The Morgan fingerprint density at radius 2 is 1.94 bits per heavy atom. The summed E-state index contributed by atoms with van der Waals surface area (Å²) in [5.74, 6) is -0.436. The Morgan fingerprint density at radius 3 is 2.64 bits per heavy atom. The Hall–Kier alpha value is -3.40. The molecule has 0 unspecified atom stereocenters. The molecule has 172 valence electrons. The highest BCUT2D eigenvalue weighted by molar-refractivity contribution is 7.11.